The van der Waals surface area contributed by atoms with Gasteiger partial charge in [0.25, 0.3) is 0 Å². The predicted molar refractivity (Wildman–Crippen MR) is 226 cm³/mol. The quantitative estimate of drug-likeness (QED) is 0.180. The first-order chi connectivity index (χ1) is 23.5. The normalized spacial score (nSPS) is 13.4. The zero-order valence-electron chi connectivity index (χ0n) is 36.5. The SMILES string of the molecule is CC(C)(C)C1=NCN=C1.CC(C)(C)c1cnc(C(C)(C)C)[nH]1.CC(C)(C)c1cscn1.CCc1cnc(C(C)(C)C)[nH]1.Cc1cnc(C(C)(C)C)[nH]1. The zero-order chi connectivity index (χ0) is 40.3. The molecule has 4 aromatic heterocycles. The molecule has 9 nitrogen and oxygen atoms in total. The second kappa shape index (κ2) is 18.6. The number of thiazole rings is 1. The molecular formula is C42H73N9S. The van der Waals surface area contributed by atoms with Crippen LogP contribution in [0.5, 0.6) is 0 Å². The summed E-state index contributed by atoms with van der Waals surface area (Å²) in [6.45, 7) is 43.7. The van der Waals surface area contributed by atoms with Crippen molar-refractivity contribution in [3.8, 4) is 0 Å². The highest BCUT2D eigenvalue weighted by atomic mass is 32.1. The Morgan fingerprint density at radius 2 is 1.08 bits per heavy atom. The number of nitrogens with one attached hydrogen (secondary N) is 3. The van der Waals surface area contributed by atoms with E-state index in [1.807, 2.05) is 37.2 Å². The number of aromatic nitrogens is 7. The lowest BCUT2D eigenvalue weighted by molar-refractivity contribution is 0.535. The van der Waals surface area contributed by atoms with Gasteiger partial charge in [-0.15, -0.1) is 11.3 Å². The molecule has 0 aromatic carbocycles. The molecule has 52 heavy (non-hydrogen) atoms. The minimum Gasteiger partial charge on any atom is -0.346 e. The van der Waals surface area contributed by atoms with Crippen LogP contribution >= 0.6 is 11.3 Å². The molecule has 0 spiro atoms. The highest BCUT2D eigenvalue weighted by molar-refractivity contribution is 7.07. The van der Waals surface area contributed by atoms with Crippen molar-refractivity contribution in [2.45, 2.75) is 172 Å². The van der Waals surface area contributed by atoms with Crippen LogP contribution < -0.4 is 0 Å². The fourth-order valence-corrected chi connectivity index (χ4v) is 4.87. The Balaban J connectivity index is 0.000000327. The molecule has 0 radical (unpaired) electrons. The van der Waals surface area contributed by atoms with Crippen LogP contribution in [-0.2, 0) is 33.5 Å². The van der Waals surface area contributed by atoms with Crippen molar-refractivity contribution >= 4 is 23.3 Å². The molecule has 0 fully saturated rings. The zero-order valence-corrected chi connectivity index (χ0v) is 37.3. The molecule has 3 N–H and O–H groups in total. The summed E-state index contributed by atoms with van der Waals surface area (Å²) in [5.41, 5.74) is 8.70. The van der Waals surface area contributed by atoms with Crippen LogP contribution in [0.1, 0.15) is 172 Å². The Morgan fingerprint density at radius 3 is 1.31 bits per heavy atom. The van der Waals surface area contributed by atoms with E-state index in [1.165, 1.54) is 17.1 Å². The lowest BCUT2D eigenvalue weighted by atomic mass is 9.91. The number of nitrogens with zero attached hydrogens (tertiary/aromatic N) is 6. The third-order valence-corrected chi connectivity index (χ3v) is 8.32. The molecule has 0 bridgehead atoms. The number of aliphatic imine (C=N–C) groups is 2. The van der Waals surface area contributed by atoms with E-state index in [-0.39, 0.29) is 32.5 Å². The van der Waals surface area contributed by atoms with Crippen LogP contribution in [-0.4, -0.2) is 53.5 Å². The van der Waals surface area contributed by atoms with Crippen molar-refractivity contribution in [1.29, 1.82) is 0 Å². The van der Waals surface area contributed by atoms with Gasteiger partial charge < -0.3 is 15.0 Å². The molecule has 0 amide bonds. The lowest BCUT2D eigenvalue weighted by Gasteiger charge is -2.17. The Kier molecular flexibility index (Phi) is 16.7. The number of hydrogen-bond donors (Lipinski definition) is 3. The third kappa shape index (κ3) is 17.0. The van der Waals surface area contributed by atoms with E-state index >= 15 is 0 Å². The van der Waals surface area contributed by atoms with Gasteiger partial charge >= 0.3 is 0 Å². The fraction of sp³-hybridized carbons (Fsp3) is 0.667. The predicted octanol–water partition coefficient (Wildman–Crippen LogP) is 11.2. The van der Waals surface area contributed by atoms with Crippen molar-refractivity contribution in [2.24, 2.45) is 15.4 Å². The second-order valence-corrected chi connectivity index (χ2v) is 20.3. The Morgan fingerprint density at radius 1 is 0.577 bits per heavy atom. The highest BCUT2D eigenvalue weighted by Crippen LogP contribution is 2.25. The summed E-state index contributed by atoms with van der Waals surface area (Å²) < 4.78 is 0. The number of hydrogen-bond acceptors (Lipinski definition) is 7. The fourth-order valence-electron chi connectivity index (χ4n) is 4.10. The third-order valence-electron chi connectivity index (χ3n) is 7.73. The molecule has 292 valence electrons. The molecule has 1 aliphatic heterocycles. The number of rotatable bonds is 1. The smallest absolute Gasteiger partial charge is 0.129 e. The van der Waals surface area contributed by atoms with Crippen LogP contribution in [0.2, 0.25) is 0 Å². The van der Waals surface area contributed by atoms with E-state index in [0.717, 1.165) is 35.3 Å². The molecule has 0 atom stereocenters. The summed E-state index contributed by atoms with van der Waals surface area (Å²) in [7, 11) is 0. The lowest BCUT2D eigenvalue weighted by Crippen LogP contribution is -2.19. The first-order valence-electron chi connectivity index (χ1n) is 18.5. The van der Waals surface area contributed by atoms with Gasteiger partial charge in [-0.2, -0.15) is 0 Å². The summed E-state index contributed by atoms with van der Waals surface area (Å²) in [6.07, 6.45) is 8.62. The van der Waals surface area contributed by atoms with Crippen LogP contribution in [0.25, 0.3) is 0 Å². The van der Waals surface area contributed by atoms with Gasteiger partial charge in [-0.05, 0) is 13.3 Å². The first-order valence-corrected chi connectivity index (χ1v) is 19.5. The van der Waals surface area contributed by atoms with E-state index < -0.39 is 0 Å². The Labute approximate surface area is 321 Å². The van der Waals surface area contributed by atoms with E-state index in [9.17, 15) is 0 Å². The van der Waals surface area contributed by atoms with E-state index in [1.54, 1.807) is 11.3 Å². The minimum absolute atomic E-state index is 0.115. The average molecular weight is 736 g/mol. The van der Waals surface area contributed by atoms with Gasteiger partial charge in [0.2, 0.25) is 0 Å². The summed E-state index contributed by atoms with van der Waals surface area (Å²) in [5, 5.41) is 2.10. The maximum atomic E-state index is 4.40. The molecule has 1 aliphatic rings. The van der Waals surface area contributed by atoms with Crippen molar-refractivity contribution in [3.05, 3.63) is 69.7 Å². The van der Waals surface area contributed by atoms with Gasteiger partial charge in [0.1, 0.15) is 24.1 Å². The number of aryl methyl sites for hydroxylation is 2. The van der Waals surface area contributed by atoms with E-state index in [2.05, 4.69) is 182 Å². The minimum atomic E-state index is 0.115. The summed E-state index contributed by atoms with van der Waals surface area (Å²) in [5.74, 6) is 3.21. The Hall–Kier alpha value is -3.40. The molecule has 0 saturated carbocycles. The average Bonchev–Trinajstić information content (AvgIpc) is 3.82. The van der Waals surface area contributed by atoms with Crippen LogP contribution in [0.15, 0.2) is 39.5 Å². The topological polar surface area (TPSA) is 124 Å². The summed E-state index contributed by atoms with van der Waals surface area (Å²) in [4.78, 5) is 35.2. The van der Waals surface area contributed by atoms with Crippen LogP contribution in [0.3, 0.4) is 0 Å². The largest absolute Gasteiger partial charge is 0.346 e. The van der Waals surface area contributed by atoms with Crippen LogP contribution in [0, 0.1) is 12.3 Å². The maximum Gasteiger partial charge on any atom is 0.129 e. The molecule has 10 heteroatoms. The van der Waals surface area contributed by atoms with Crippen molar-refractivity contribution in [1.82, 2.24) is 34.9 Å². The van der Waals surface area contributed by atoms with Crippen molar-refractivity contribution in [3.63, 3.8) is 0 Å². The standard InChI is InChI=1S/C11H20N2.C9H16N2.C8H14N2.C7H12N2.C7H11NS/c1-10(2,3)8-7-12-9(13-8)11(4,5)6;1-5-7-6-10-8(11-7)9(2,3)4;1-6-5-9-7(10-6)8(2,3)4;1-7(2,3)6-4-8-5-9-6;1-7(2,3)6-4-9-5-8-6/h7H,1-6H3,(H,12,13);6H,5H2,1-4H3,(H,10,11);5H,1-4H3,(H,9,10);4H,5H2,1-3H3;4-5H,1-3H3. The molecule has 0 saturated heterocycles. The summed E-state index contributed by atoms with van der Waals surface area (Å²) >= 11 is 1.66. The molecule has 4 aromatic rings. The highest BCUT2D eigenvalue weighted by Gasteiger charge is 2.22. The van der Waals surface area contributed by atoms with Crippen LogP contribution in [0.4, 0.5) is 0 Å². The first kappa shape index (κ1) is 46.6. The van der Waals surface area contributed by atoms with Gasteiger partial charge in [0, 0.05) is 79.8 Å². The van der Waals surface area contributed by atoms with Gasteiger partial charge in [0.15, 0.2) is 0 Å². The van der Waals surface area contributed by atoms with Crippen molar-refractivity contribution in [2.75, 3.05) is 6.67 Å². The summed E-state index contributed by atoms with van der Waals surface area (Å²) in [6, 6.07) is 0. The van der Waals surface area contributed by atoms with Gasteiger partial charge in [0.05, 0.1) is 16.9 Å². The van der Waals surface area contributed by atoms with Gasteiger partial charge in [-0.25, -0.2) is 19.9 Å². The molecule has 5 heterocycles. The van der Waals surface area contributed by atoms with Gasteiger partial charge in [-0.1, -0.05) is 132 Å². The molecule has 5 rings (SSSR count). The maximum absolute atomic E-state index is 4.40. The molecule has 0 aliphatic carbocycles. The monoisotopic (exact) mass is 736 g/mol. The van der Waals surface area contributed by atoms with Gasteiger partial charge in [-0.3, -0.25) is 9.98 Å². The molecule has 0 unspecified atom stereocenters. The second-order valence-electron chi connectivity index (χ2n) is 19.5. The number of H-pyrrole nitrogens is 3. The Bertz CT molecular complexity index is 1610. The van der Waals surface area contributed by atoms with Crippen molar-refractivity contribution < 1.29 is 0 Å². The molecular weight excluding hydrogens is 663 g/mol. The number of aromatic amines is 3. The van der Waals surface area contributed by atoms with E-state index in [0.29, 0.717) is 6.67 Å². The number of imidazole rings is 3. The van der Waals surface area contributed by atoms with E-state index in [4.69, 9.17) is 0 Å².